The number of furan rings is 1. The first kappa shape index (κ1) is 16.8. The van der Waals surface area contributed by atoms with Gasteiger partial charge in [-0.25, -0.2) is 9.18 Å². The number of urea groups is 1. The van der Waals surface area contributed by atoms with Gasteiger partial charge in [0.15, 0.2) is 0 Å². The Morgan fingerprint density at radius 2 is 2.17 bits per heavy atom. The summed E-state index contributed by atoms with van der Waals surface area (Å²) in [5.74, 6) is 0.246. The van der Waals surface area contributed by atoms with Gasteiger partial charge in [-0.2, -0.15) is 0 Å². The molecule has 124 valence electrons. The minimum Gasteiger partial charge on any atom is -0.496 e. The fraction of sp³-hybridized carbons (Fsp3) is 0.312. The number of aliphatic hydroxyl groups is 1. The van der Waals surface area contributed by atoms with E-state index < -0.39 is 24.0 Å². The number of hydrogen-bond acceptors (Lipinski definition) is 4. The summed E-state index contributed by atoms with van der Waals surface area (Å²) in [5.41, 5.74) is 0.261. The van der Waals surface area contributed by atoms with E-state index in [1.165, 1.54) is 25.5 Å². The molecule has 0 saturated carbocycles. The lowest BCUT2D eigenvalue weighted by molar-refractivity contribution is 0.147. The fourth-order valence-corrected chi connectivity index (χ4v) is 2.21. The van der Waals surface area contributed by atoms with Crippen LogP contribution in [-0.4, -0.2) is 24.8 Å². The molecule has 0 aliphatic carbocycles. The maximum absolute atomic E-state index is 13.9. The minimum absolute atomic E-state index is 0.0273. The Bertz CT molecular complexity index is 646. The molecule has 2 unspecified atom stereocenters. The summed E-state index contributed by atoms with van der Waals surface area (Å²) >= 11 is 0. The number of ether oxygens (including phenoxy) is 1. The van der Waals surface area contributed by atoms with Crippen molar-refractivity contribution in [1.82, 2.24) is 10.6 Å². The third-order valence-corrected chi connectivity index (χ3v) is 3.34. The van der Waals surface area contributed by atoms with Gasteiger partial charge in [0, 0.05) is 0 Å². The van der Waals surface area contributed by atoms with Crippen LogP contribution in [0.4, 0.5) is 9.18 Å². The van der Waals surface area contributed by atoms with Crippen molar-refractivity contribution in [1.29, 1.82) is 0 Å². The van der Waals surface area contributed by atoms with Gasteiger partial charge in [-0.05, 0) is 31.2 Å². The highest BCUT2D eigenvalue weighted by molar-refractivity contribution is 5.74. The zero-order valence-corrected chi connectivity index (χ0v) is 12.9. The van der Waals surface area contributed by atoms with Crippen LogP contribution in [0.1, 0.15) is 30.4 Å². The number of carbonyl (C=O) groups is 1. The van der Waals surface area contributed by atoms with Gasteiger partial charge >= 0.3 is 6.03 Å². The second-order valence-electron chi connectivity index (χ2n) is 4.96. The number of rotatable bonds is 6. The molecule has 3 N–H and O–H groups in total. The van der Waals surface area contributed by atoms with Gasteiger partial charge in [0.25, 0.3) is 0 Å². The van der Waals surface area contributed by atoms with E-state index in [9.17, 15) is 14.3 Å². The van der Waals surface area contributed by atoms with Crippen LogP contribution in [0, 0.1) is 5.82 Å². The summed E-state index contributed by atoms with van der Waals surface area (Å²) < 4.78 is 24.1. The van der Waals surface area contributed by atoms with Gasteiger partial charge in [0.05, 0.1) is 31.5 Å². The summed E-state index contributed by atoms with van der Waals surface area (Å²) in [6.07, 6.45) is 0.486. The number of halogens is 1. The van der Waals surface area contributed by atoms with E-state index in [1.807, 2.05) is 0 Å². The molecular weight excluding hydrogens is 303 g/mol. The van der Waals surface area contributed by atoms with Crippen LogP contribution in [0.25, 0.3) is 0 Å². The molecule has 7 heteroatoms. The molecule has 1 heterocycles. The quantitative estimate of drug-likeness (QED) is 0.763. The molecular formula is C16H19FN2O4. The Morgan fingerprint density at radius 3 is 2.83 bits per heavy atom. The van der Waals surface area contributed by atoms with Crippen LogP contribution in [0.15, 0.2) is 41.0 Å². The molecule has 2 atom stereocenters. The Hall–Kier alpha value is -2.54. The second-order valence-corrected chi connectivity index (χ2v) is 4.96. The summed E-state index contributed by atoms with van der Waals surface area (Å²) in [7, 11) is 1.44. The normalized spacial score (nSPS) is 13.2. The predicted octanol–water partition coefficient (Wildman–Crippen LogP) is 2.52. The zero-order valence-electron chi connectivity index (χ0n) is 12.9. The van der Waals surface area contributed by atoms with Gasteiger partial charge < -0.3 is 24.9 Å². The molecule has 2 aromatic rings. The Kier molecular flexibility index (Phi) is 5.59. The van der Waals surface area contributed by atoms with Crippen molar-refractivity contribution in [2.45, 2.75) is 19.1 Å². The first-order chi connectivity index (χ1) is 11.0. The molecule has 0 fully saturated rings. The number of amides is 2. The largest absolute Gasteiger partial charge is 0.496 e. The summed E-state index contributed by atoms with van der Waals surface area (Å²) in [4.78, 5) is 11.9. The van der Waals surface area contributed by atoms with Gasteiger partial charge in [-0.15, -0.1) is 0 Å². The van der Waals surface area contributed by atoms with E-state index in [2.05, 4.69) is 10.6 Å². The van der Waals surface area contributed by atoms with Crippen molar-refractivity contribution >= 4 is 6.03 Å². The molecule has 2 rings (SSSR count). The van der Waals surface area contributed by atoms with Crippen molar-refractivity contribution in [3.05, 3.63) is 53.7 Å². The van der Waals surface area contributed by atoms with E-state index in [1.54, 1.807) is 25.1 Å². The van der Waals surface area contributed by atoms with Crippen LogP contribution in [0.5, 0.6) is 5.75 Å². The van der Waals surface area contributed by atoms with E-state index in [4.69, 9.17) is 9.15 Å². The first-order valence-electron chi connectivity index (χ1n) is 7.11. The molecule has 1 aromatic heterocycles. The molecule has 0 saturated heterocycles. The molecule has 0 bridgehead atoms. The van der Waals surface area contributed by atoms with Crippen LogP contribution < -0.4 is 15.4 Å². The Balaban J connectivity index is 1.92. The highest BCUT2D eigenvalue weighted by Gasteiger charge is 2.19. The molecule has 0 spiro atoms. The third-order valence-electron chi connectivity index (χ3n) is 3.34. The average molecular weight is 322 g/mol. The van der Waals surface area contributed by atoms with Crippen LogP contribution in [0.3, 0.4) is 0 Å². The summed E-state index contributed by atoms with van der Waals surface area (Å²) in [6, 6.07) is 6.57. The smallest absolute Gasteiger partial charge is 0.315 e. The van der Waals surface area contributed by atoms with Gasteiger partial charge in [-0.1, -0.05) is 6.07 Å². The molecule has 0 aliphatic rings. The van der Waals surface area contributed by atoms with Crippen LogP contribution in [-0.2, 0) is 0 Å². The maximum Gasteiger partial charge on any atom is 0.315 e. The zero-order chi connectivity index (χ0) is 16.8. The lowest BCUT2D eigenvalue weighted by Gasteiger charge is -2.19. The first-order valence-corrected chi connectivity index (χ1v) is 7.11. The second kappa shape index (κ2) is 7.64. The monoisotopic (exact) mass is 322 g/mol. The molecule has 2 amide bonds. The van der Waals surface area contributed by atoms with Crippen molar-refractivity contribution in [3.63, 3.8) is 0 Å². The van der Waals surface area contributed by atoms with Crippen molar-refractivity contribution in [3.8, 4) is 5.75 Å². The number of carbonyl (C=O) groups excluding carboxylic acids is 1. The predicted molar refractivity (Wildman–Crippen MR) is 81.6 cm³/mol. The average Bonchev–Trinajstić information content (AvgIpc) is 3.06. The van der Waals surface area contributed by atoms with E-state index in [-0.39, 0.29) is 12.1 Å². The maximum atomic E-state index is 13.9. The lowest BCUT2D eigenvalue weighted by atomic mass is 10.1. The highest BCUT2D eigenvalue weighted by Crippen LogP contribution is 2.27. The summed E-state index contributed by atoms with van der Waals surface area (Å²) in [5, 5.41) is 14.9. The number of benzene rings is 1. The summed E-state index contributed by atoms with van der Waals surface area (Å²) in [6.45, 7) is 1.62. The van der Waals surface area contributed by atoms with Crippen molar-refractivity contribution in [2.75, 3.05) is 13.7 Å². The number of hydrogen-bond donors (Lipinski definition) is 3. The standard InChI is InChI=1S/C16H19FN2O4/c1-10(15-11(17)5-3-6-14(15)22-2)19-16(21)18-9-12(20)13-7-4-8-23-13/h3-8,10,12,20H,9H2,1-2H3,(H2,18,19,21). The SMILES string of the molecule is COc1cccc(F)c1C(C)NC(=O)NCC(O)c1ccco1. The molecule has 1 aromatic carbocycles. The van der Waals surface area contributed by atoms with E-state index >= 15 is 0 Å². The van der Waals surface area contributed by atoms with Crippen LogP contribution in [0.2, 0.25) is 0 Å². The van der Waals surface area contributed by atoms with Crippen molar-refractivity contribution < 1.29 is 23.4 Å². The van der Waals surface area contributed by atoms with Crippen molar-refractivity contribution in [2.24, 2.45) is 0 Å². The third kappa shape index (κ3) is 4.23. The number of methoxy groups -OCH3 is 1. The van der Waals surface area contributed by atoms with Gasteiger partial charge in [-0.3, -0.25) is 0 Å². The molecule has 0 aliphatic heterocycles. The van der Waals surface area contributed by atoms with Crippen LogP contribution >= 0.6 is 0 Å². The van der Waals surface area contributed by atoms with E-state index in [0.29, 0.717) is 11.5 Å². The van der Waals surface area contributed by atoms with Gasteiger partial charge in [0.1, 0.15) is 23.4 Å². The number of nitrogens with one attached hydrogen (secondary N) is 2. The molecule has 0 radical (unpaired) electrons. The lowest BCUT2D eigenvalue weighted by Crippen LogP contribution is -2.39. The minimum atomic E-state index is -0.950. The van der Waals surface area contributed by atoms with E-state index in [0.717, 1.165) is 0 Å². The molecule has 6 nitrogen and oxygen atoms in total. The highest BCUT2D eigenvalue weighted by atomic mass is 19.1. The Labute approximate surface area is 133 Å². The Morgan fingerprint density at radius 1 is 1.39 bits per heavy atom. The topological polar surface area (TPSA) is 83.7 Å². The van der Waals surface area contributed by atoms with Gasteiger partial charge in [0.2, 0.25) is 0 Å². The number of aliphatic hydroxyl groups excluding tert-OH is 1. The molecule has 23 heavy (non-hydrogen) atoms. The fourth-order valence-electron chi connectivity index (χ4n) is 2.21.